The highest BCUT2D eigenvalue weighted by Gasteiger charge is 2.24. The monoisotopic (exact) mass is 226 g/mol. The van der Waals surface area contributed by atoms with Gasteiger partial charge < -0.3 is 14.6 Å². The van der Waals surface area contributed by atoms with E-state index in [1.165, 1.54) is 6.07 Å². The lowest BCUT2D eigenvalue weighted by molar-refractivity contribution is -0.123. The lowest BCUT2D eigenvalue weighted by Gasteiger charge is -2.27. The maximum Gasteiger partial charge on any atom is 0.128 e. The average molecular weight is 226 g/mol. The van der Waals surface area contributed by atoms with Crippen molar-refractivity contribution in [2.75, 3.05) is 13.2 Å². The zero-order valence-electron chi connectivity index (χ0n) is 8.93. The van der Waals surface area contributed by atoms with E-state index in [0.717, 1.165) is 0 Å². The van der Waals surface area contributed by atoms with Crippen LogP contribution in [0.25, 0.3) is 0 Å². The maximum atomic E-state index is 13.3. The number of aliphatic hydroxyl groups excluding tert-OH is 1. The molecular formula is C12H15FO3. The third kappa shape index (κ3) is 2.78. The third-order valence-corrected chi connectivity index (χ3v) is 2.68. The van der Waals surface area contributed by atoms with Gasteiger partial charge in [-0.2, -0.15) is 0 Å². The fourth-order valence-electron chi connectivity index (χ4n) is 1.67. The van der Waals surface area contributed by atoms with E-state index in [1.54, 1.807) is 18.2 Å². The minimum atomic E-state index is -0.513. The summed E-state index contributed by atoms with van der Waals surface area (Å²) in [6.07, 6.45) is -0.295. The molecule has 0 saturated carbocycles. The van der Waals surface area contributed by atoms with Crippen molar-refractivity contribution >= 4 is 0 Å². The molecule has 0 radical (unpaired) electrons. The minimum Gasteiger partial charge on any atom is -0.390 e. The van der Waals surface area contributed by atoms with Crippen molar-refractivity contribution in [1.29, 1.82) is 0 Å². The van der Waals surface area contributed by atoms with Crippen LogP contribution in [0.15, 0.2) is 24.3 Å². The molecule has 2 unspecified atom stereocenters. The quantitative estimate of drug-likeness (QED) is 0.848. The number of rotatable bonds is 3. The molecule has 1 aliphatic heterocycles. The Labute approximate surface area is 93.8 Å². The van der Waals surface area contributed by atoms with Gasteiger partial charge in [0, 0.05) is 12.2 Å². The average Bonchev–Trinajstić information content (AvgIpc) is 2.30. The van der Waals surface area contributed by atoms with Crippen molar-refractivity contribution in [3.63, 3.8) is 0 Å². The molecule has 2 rings (SSSR count). The zero-order chi connectivity index (χ0) is 11.4. The predicted octanol–water partition coefficient (Wildman–Crippen LogP) is 1.49. The lowest BCUT2D eigenvalue weighted by Crippen LogP contribution is -2.38. The van der Waals surface area contributed by atoms with E-state index in [0.29, 0.717) is 25.2 Å². The molecule has 4 heteroatoms. The van der Waals surface area contributed by atoms with Crippen LogP contribution in [0.1, 0.15) is 12.0 Å². The summed E-state index contributed by atoms with van der Waals surface area (Å²) in [7, 11) is 0. The van der Waals surface area contributed by atoms with Gasteiger partial charge in [-0.25, -0.2) is 4.39 Å². The van der Waals surface area contributed by atoms with Gasteiger partial charge in [0.1, 0.15) is 11.9 Å². The van der Waals surface area contributed by atoms with Crippen LogP contribution in [0.5, 0.6) is 0 Å². The summed E-state index contributed by atoms with van der Waals surface area (Å²) in [5.74, 6) is -0.284. The summed E-state index contributed by atoms with van der Waals surface area (Å²) in [6, 6.07) is 6.46. The van der Waals surface area contributed by atoms with E-state index in [2.05, 4.69) is 0 Å². The van der Waals surface area contributed by atoms with Gasteiger partial charge in [0.25, 0.3) is 0 Å². The van der Waals surface area contributed by atoms with Gasteiger partial charge in [0.15, 0.2) is 0 Å². The first kappa shape index (κ1) is 11.5. The van der Waals surface area contributed by atoms with Gasteiger partial charge in [-0.3, -0.25) is 0 Å². The topological polar surface area (TPSA) is 38.7 Å². The molecule has 0 aliphatic carbocycles. The second kappa shape index (κ2) is 5.39. The molecule has 16 heavy (non-hydrogen) atoms. The van der Waals surface area contributed by atoms with E-state index in [9.17, 15) is 9.50 Å². The van der Waals surface area contributed by atoms with Crippen LogP contribution in [0.4, 0.5) is 4.39 Å². The number of benzene rings is 1. The van der Waals surface area contributed by atoms with Crippen LogP contribution in [0.2, 0.25) is 0 Å². The summed E-state index contributed by atoms with van der Waals surface area (Å²) in [6.45, 7) is 1.09. The Kier molecular flexibility index (Phi) is 3.88. The SMILES string of the molecule is OC1CCOCC1OCc1ccccc1F. The molecule has 0 bridgehead atoms. The predicted molar refractivity (Wildman–Crippen MR) is 56.4 cm³/mol. The van der Waals surface area contributed by atoms with Gasteiger partial charge in [0.05, 0.1) is 19.3 Å². The van der Waals surface area contributed by atoms with E-state index < -0.39 is 6.10 Å². The maximum absolute atomic E-state index is 13.3. The summed E-state index contributed by atoms with van der Waals surface area (Å²) in [4.78, 5) is 0. The molecule has 0 spiro atoms. The number of hydrogen-bond donors (Lipinski definition) is 1. The Morgan fingerprint density at radius 3 is 3.00 bits per heavy atom. The van der Waals surface area contributed by atoms with Crippen LogP contribution >= 0.6 is 0 Å². The van der Waals surface area contributed by atoms with Crippen molar-refractivity contribution in [3.05, 3.63) is 35.6 Å². The highest BCUT2D eigenvalue weighted by molar-refractivity contribution is 5.16. The van der Waals surface area contributed by atoms with Crippen LogP contribution in [-0.2, 0) is 16.1 Å². The molecule has 1 aromatic carbocycles. The van der Waals surface area contributed by atoms with E-state index >= 15 is 0 Å². The van der Waals surface area contributed by atoms with Gasteiger partial charge in [-0.05, 0) is 12.5 Å². The standard InChI is InChI=1S/C12H15FO3/c13-10-4-2-1-3-9(10)7-16-12-8-15-6-5-11(12)14/h1-4,11-12,14H,5-8H2. The normalized spacial score (nSPS) is 25.6. The van der Waals surface area contributed by atoms with Crippen molar-refractivity contribution in [3.8, 4) is 0 Å². The zero-order valence-corrected chi connectivity index (χ0v) is 8.93. The Morgan fingerprint density at radius 2 is 2.25 bits per heavy atom. The summed E-state index contributed by atoms with van der Waals surface area (Å²) >= 11 is 0. The highest BCUT2D eigenvalue weighted by Crippen LogP contribution is 2.14. The summed E-state index contributed by atoms with van der Waals surface area (Å²) < 4.78 is 23.9. The van der Waals surface area contributed by atoms with Crippen LogP contribution in [-0.4, -0.2) is 30.5 Å². The Morgan fingerprint density at radius 1 is 1.44 bits per heavy atom. The molecule has 1 saturated heterocycles. The van der Waals surface area contributed by atoms with Crippen molar-refractivity contribution in [2.45, 2.75) is 25.2 Å². The molecule has 1 N–H and O–H groups in total. The molecule has 0 aromatic heterocycles. The first-order valence-corrected chi connectivity index (χ1v) is 5.38. The molecule has 1 fully saturated rings. The van der Waals surface area contributed by atoms with Gasteiger partial charge in [0.2, 0.25) is 0 Å². The van der Waals surface area contributed by atoms with Crippen LogP contribution in [0, 0.1) is 5.82 Å². The van der Waals surface area contributed by atoms with E-state index in [-0.39, 0.29) is 18.5 Å². The number of ether oxygens (including phenoxy) is 2. The molecular weight excluding hydrogens is 211 g/mol. The Balaban J connectivity index is 1.89. The Bertz CT molecular complexity index is 343. The smallest absolute Gasteiger partial charge is 0.128 e. The van der Waals surface area contributed by atoms with Gasteiger partial charge >= 0.3 is 0 Å². The fraction of sp³-hybridized carbons (Fsp3) is 0.500. The molecule has 3 nitrogen and oxygen atoms in total. The van der Waals surface area contributed by atoms with Crippen molar-refractivity contribution in [2.24, 2.45) is 0 Å². The van der Waals surface area contributed by atoms with E-state index in [4.69, 9.17) is 9.47 Å². The van der Waals surface area contributed by atoms with Crippen LogP contribution < -0.4 is 0 Å². The number of aliphatic hydroxyl groups is 1. The van der Waals surface area contributed by atoms with Crippen molar-refractivity contribution < 1.29 is 19.0 Å². The van der Waals surface area contributed by atoms with Crippen LogP contribution in [0.3, 0.4) is 0 Å². The lowest BCUT2D eigenvalue weighted by atomic mass is 10.1. The second-order valence-corrected chi connectivity index (χ2v) is 3.87. The number of halogens is 1. The van der Waals surface area contributed by atoms with E-state index in [1.807, 2.05) is 0 Å². The number of hydrogen-bond acceptors (Lipinski definition) is 3. The molecule has 2 atom stereocenters. The highest BCUT2D eigenvalue weighted by atomic mass is 19.1. The molecule has 1 aromatic rings. The molecule has 1 heterocycles. The summed E-state index contributed by atoms with van der Waals surface area (Å²) in [5.41, 5.74) is 0.500. The first-order valence-electron chi connectivity index (χ1n) is 5.38. The fourth-order valence-corrected chi connectivity index (χ4v) is 1.67. The Hall–Kier alpha value is -0.970. The largest absolute Gasteiger partial charge is 0.390 e. The van der Waals surface area contributed by atoms with Gasteiger partial charge in [-0.15, -0.1) is 0 Å². The summed E-state index contributed by atoms with van der Waals surface area (Å²) in [5, 5.41) is 9.62. The third-order valence-electron chi connectivity index (χ3n) is 2.68. The first-order chi connectivity index (χ1) is 7.77. The minimum absolute atomic E-state index is 0.164. The molecule has 88 valence electrons. The molecule has 0 amide bonds. The second-order valence-electron chi connectivity index (χ2n) is 3.87. The van der Waals surface area contributed by atoms with Crippen molar-refractivity contribution in [1.82, 2.24) is 0 Å². The molecule has 1 aliphatic rings. The van der Waals surface area contributed by atoms with Gasteiger partial charge in [-0.1, -0.05) is 18.2 Å².